The van der Waals surface area contributed by atoms with Crippen molar-refractivity contribution in [3.63, 3.8) is 0 Å². The van der Waals surface area contributed by atoms with Crippen molar-refractivity contribution in [1.82, 2.24) is 0 Å². The van der Waals surface area contributed by atoms with Crippen LogP contribution < -0.4 is 5.32 Å². The number of carbonyl (C=O) groups excluding carboxylic acids is 2. The Labute approximate surface area is 133 Å². The normalized spacial score (nSPS) is 19.2. The monoisotopic (exact) mass is 313 g/mol. The van der Waals surface area contributed by atoms with E-state index in [0.29, 0.717) is 23.2 Å². The number of methoxy groups -OCH3 is 1. The lowest BCUT2D eigenvalue weighted by atomic mass is 9.78. The number of halogens is 1. The molecule has 0 fully saturated rings. The van der Waals surface area contributed by atoms with Gasteiger partial charge in [0.05, 0.1) is 18.1 Å². The van der Waals surface area contributed by atoms with E-state index in [2.05, 4.69) is 5.32 Å². The zero-order valence-corrected chi connectivity index (χ0v) is 12.9. The van der Waals surface area contributed by atoms with Gasteiger partial charge in [-0.3, -0.25) is 4.79 Å². The van der Waals surface area contributed by atoms with Crippen LogP contribution in [0.4, 0.5) is 10.1 Å². The zero-order chi connectivity index (χ0) is 16.6. The molecule has 2 aromatic carbocycles. The molecular formula is C18H16FNO3. The van der Waals surface area contributed by atoms with Crippen LogP contribution in [-0.4, -0.2) is 19.0 Å². The first-order valence-electron chi connectivity index (χ1n) is 7.23. The summed E-state index contributed by atoms with van der Waals surface area (Å²) in [7, 11) is 1.32. The van der Waals surface area contributed by atoms with Gasteiger partial charge in [0.1, 0.15) is 5.82 Å². The Morgan fingerprint density at radius 2 is 2.04 bits per heavy atom. The molecule has 0 radical (unpaired) electrons. The van der Waals surface area contributed by atoms with Crippen molar-refractivity contribution in [3.8, 4) is 0 Å². The quantitative estimate of drug-likeness (QED) is 0.886. The second-order valence-electron chi connectivity index (χ2n) is 5.84. The number of esters is 1. The second kappa shape index (κ2) is 5.50. The zero-order valence-electron chi connectivity index (χ0n) is 12.9. The standard InChI is InChI=1S/C18H16FNO3/c1-18(10-11-4-3-5-12(8-11)16(21)23-2)14-9-13(19)6-7-15(14)20-17(18)22/h3-9H,10H2,1-2H3,(H,20,22). The molecule has 1 aliphatic heterocycles. The highest BCUT2D eigenvalue weighted by Crippen LogP contribution is 2.40. The molecule has 1 amide bonds. The molecular weight excluding hydrogens is 297 g/mol. The minimum atomic E-state index is -0.883. The number of nitrogens with one attached hydrogen (secondary N) is 1. The Kier molecular flexibility index (Phi) is 3.64. The molecule has 1 aliphatic rings. The topological polar surface area (TPSA) is 55.4 Å². The van der Waals surface area contributed by atoms with Gasteiger partial charge in [0.15, 0.2) is 0 Å². The third kappa shape index (κ3) is 2.59. The van der Waals surface area contributed by atoms with Crippen LogP contribution in [0.25, 0.3) is 0 Å². The lowest BCUT2D eigenvalue weighted by Gasteiger charge is -2.22. The van der Waals surface area contributed by atoms with Crippen molar-refractivity contribution in [1.29, 1.82) is 0 Å². The summed E-state index contributed by atoms with van der Waals surface area (Å²) in [5.74, 6) is -0.990. The van der Waals surface area contributed by atoms with Crippen LogP contribution in [-0.2, 0) is 21.4 Å². The Bertz CT molecular complexity index is 803. The van der Waals surface area contributed by atoms with E-state index in [4.69, 9.17) is 4.74 Å². The van der Waals surface area contributed by atoms with Gasteiger partial charge in [0.2, 0.25) is 5.91 Å². The summed E-state index contributed by atoms with van der Waals surface area (Å²) in [6.45, 7) is 1.78. The molecule has 0 saturated carbocycles. The maximum atomic E-state index is 13.6. The van der Waals surface area contributed by atoms with Gasteiger partial charge in [0.25, 0.3) is 0 Å². The van der Waals surface area contributed by atoms with Gasteiger partial charge in [-0.2, -0.15) is 0 Å². The third-order valence-electron chi connectivity index (χ3n) is 4.23. The first-order valence-corrected chi connectivity index (χ1v) is 7.23. The molecule has 0 bridgehead atoms. The minimum Gasteiger partial charge on any atom is -0.465 e. The van der Waals surface area contributed by atoms with Gasteiger partial charge in [0, 0.05) is 5.69 Å². The maximum Gasteiger partial charge on any atom is 0.337 e. The van der Waals surface area contributed by atoms with Crippen LogP contribution in [0.2, 0.25) is 0 Å². The van der Waals surface area contributed by atoms with Gasteiger partial charge >= 0.3 is 5.97 Å². The molecule has 2 aromatic rings. The number of carbonyl (C=O) groups is 2. The number of anilines is 1. The molecule has 0 saturated heterocycles. The Balaban J connectivity index is 1.98. The van der Waals surface area contributed by atoms with Crippen LogP contribution >= 0.6 is 0 Å². The first-order chi connectivity index (χ1) is 10.9. The van der Waals surface area contributed by atoms with Gasteiger partial charge in [-0.25, -0.2) is 9.18 Å². The minimum absolute atomic E-state index is 0.179. The van der Waals surface area contributed by atoms with Gasteiger partial charge in [-0.05, 0) is 54.8 Å². The maximum absolute atomic E-state index is 13.6. The van der Waals surface area contributed by atoms with Crippen LogP contribution in [0.1, 0.15) is 28.4 Å². The number of hydrogen-bond acceptors (Lipinski definition) is 3. The molecule has 0 aromatic heterocycles. The summed E-state index contributed by atoms with van der Waals surface area (Å²) in [6, 6.07) is 11.2. The fraction of sp³-hybridized carbons (Fsp3) is 0.222. The number of rotatable bonds is 3. The van der Waals surface area contributed by atoms with E-state index >= 15 is 0 Å². The predicted octanol–water partition coefficient (Wildman–Crippen LogP) is 3.06. The molecule has 1 atom stereocenters. The summed E-state index contributed by atoms with van der Waals surface area (Å²) in [6.07, 6.45) is 0.361. The van der Waals surface area contributed by atoms with Gasteiger partial charge < -0.3 is 10.1 Å². The average Bonchev–Trinajstić information content (AvgIpc) is 2.78. The summed E-state index contributed by atoms with van der Waals surface area (Å²) >= 11 is 0. The fourth-order valence-electron chi connectivity index (χ4n) is 2.97. The smallest absolute Gasteiger partial charge is 0.337 e. The number of fused-ring (bicyclic) bond motifs is 1. The number of benzene rings is 2. The molecule has 5 heteroatoms. The second-order valence-corrected chi connectivity index (χ2v) is 5.84. The van der Waals surface area contributed by atoms with Crippen molar-refractivity contribution in [2.45, 2.75) is 18.8 Å². The summed E-state index contributed by atoms with van der Waals surface area (Å²) in [5.41, 5.74) is 1.61. The largest absolute Gasteiger partial charge is 0.465 e. The van der Waals surface area contributed by atoms with Crippen LogP contribution in [0.15, 0.2) is 42.5 Å². The lowest BCUT2D eigenvalue weighted by molar-refractivity contribution is -0.120. The number of ether oxygens (including phenoxy) is 1. The van der Waals surface area contributed by atoms with E-state index in [9.17, 15) is 14.0 Å². The van der Waals surface area contributed by atoms with Crippen molar-refractivity contribution in [2.24, 2.45) is 0 Å². The molecule has 118 valence electrons. The summed E-state index contributed by atoms with van der Waals surface area (Å²) in [4.78, 5) is 24.1. The van der Waals surface area contributed by atoms with E-state index in [-0.39, 0.29) is 11.7 Å². The highest BCUT2D eigenvalue weighted by Gasteiger charge is 2.42. The molecule has 3 rings (SSSR count). The first kappa shape index (κ1) is 15.2. The lowest BCUT2D eigenvalue weighted by Crippen LogP contribution is -2.33. The van der Waals surface area contributed by atoms with Crippen LogP contribution in [0.3, 0.4) is 0 Å². The van der Waals surface area contributed by atoms with E-state index in [1.807, 2.05) is 6.07 Å². The predicted molar refractivity (Wildman–Crippen MR) is 83.9 cm³/mol. The Morgan fingerprint density at radius 3 is 2.78 bits per heavy atom. The van der Waals surface area contributed by atoms with E-state index < -0.39 is 11.4 Å². The van der Waals surface area contributed by atoms with E-state index in [1.54, 1.807) is 31.2 Å². The van der Waals surface area contributed by atoms with Gasteiger partial charge in [-0.1, -0.05) is 12.1 Å². The Hall–Kier alpha value is -2.69. The van der Waals surface area contributed by atoms with Crippen molar-refractivity contribution >= 4 is 17.6 Å². The van der Waals surface area contributed by atoms with E-state index in [1.165, 1.54) is 19.2 Å². The highest BCUT2D eigenvalue weighted by atomic mass is 19.1. The molecule has 23 heavy (non-hydrogen) atoms. The van der Waals surface area contributed by atoms with Crippen LogP contribution in [0.5, 0.6) is 0 Å². The van der Waals surface area contributed by atoms with E-state index in [0.717, 1.165) is 5.56 Å². The molecule has 1 heterocycles. The number of amides is 1. The highest BCUT2D eigenvalue weighted by molar-refractivity contribution is 6.06. The molecule has 4 nitrogen and oxygen atoms in total. The van der Waals surface area contributed by atoms with Gasteiger partial charge in [-0.15, -0.1) is 0 Å². The SMILES string of the molecule is COC(=O)c1cccc(CC2(C)C(=O)Nc3ccc(F)cc32)c1. The average molecular weight is 313 g/mol. The molecule has 1 unspecified atom stereocenters. The van der Waals surface area contributed by atoms with Crippen molar-refractivity contribution in [2.75, 3.05) is 12.4 Å². The number of hydrogen-bond donors (Lipinski definition) is 1. The summed E-state index contributed by atoms with van der Waals surface area (Å²) in [5, 5.41) is 2.79. The molecule has 0 aliphatic carbocycles. The summed E-state index contributed by atoms with van der Waals surface area (Å²) < 4.78 is 18.3. The fourth-order valence-corrected chi connectivity index (χ4v) is 2.97. The molecule has 0 spiro atoms. The van der Waals surface area contributed by atoms with Crippen LogP contribution in [0, 0.1) is 5.82 Å². The Morgan fingerprint density at radius 1 is 1.26 bits per heavy atom. The van der Waals surface area contributed by atoms with Crippen molar-refractivity contribution < 1.29 is 18.7 Å². The van der Waals surface area contributed by atoms with Crippen molar-refractivity contribution in [3.05, 3.63) is 65.0 Å². The third-order valence-corrected chi connectivity index (χ3v) is 4.23. The molecule has 1 N–H and O–H groups in total.